The van der Waals surface area contributed by atoms with Crippen LogP contribution in [0.1, 0.15) is 23.2 Å². The van der Waals surface area contributed by atoms with E-state index in [9.17, 15) is 14.0 Å². The fraction of sp³-hybridized carbons (Fsp3) is 0.263. The number of hydrogen-bond acceptors (Lipinski definition) is 3. The third-order valence-electron chi connectivity index (χ3n) is 4.17. The van der Waals surface area contributed by atoms with Crippen molar-refractivity contribution in [1.82, 2.24) is 5.32 Å². The van der Waals surface area contributed by atoms with Gasteiger partial charge in [-0.05, 0) is 49.2 Å². The Morgan fingerprint density at radius 3 is 2.39 bits per heavy atom. The van der Waals surface area contributed by atoms with Crippen LogP contribution in [0.2, 0.25) is 10.0 Å². The highest BCUT2D eigenvalue weighted by Gasteiger charge is 2.16. The molecule has 0 bridgehead atoms. The van der Waals surface area contributed by atoms with Crippen molar-refractivity contribution in [3.8, 4) is 0 Å². The Kier molecular flexibility index (Phi) is 6.72. The minimum atomic E-state index is -0.732. The van der Waals surface area contributed by atoms with Crippen molar-refractivity contribution in [2.75, 3.05) is 23.8 Å². The third kappa shape index (κ3) is 5.34. The summed E-state index contributed by atoms with van der Waals surface area (Å²) in [7, 11) is 0. The van der Waals surface area contributed by atoms with Crippen LogP contribution < -0.4 is 16.0 Å². The molecule has 0 spiro atoms. The Labute approximate surface area is 171 Å². The van der Waals surface area contributed by atoms with Gasteiger partial charge in [-0.1, -0.05) is 23.2 Å². The quantitative estimate of drug-likeness (QED) is 0.608. The van der Waals surface area contributed by atoms with E-state index < -0.39 is 11.7 Å². The SMILES string of the molecule is O=C(NCC1CCCO1)Nc1ccc(NC(=O)c2cc(F)c(Cl)cc2Cl)cc1. The van der Waals surface area contributed by atoms with E-state index in [0.29, 0.717) is 17.9 Å². The summed E-state index contributed by atoms with van der Waals surface area (Å²) < 4.78 is 19.0. The van der Waals surface area contributed by atoms with E-state index in [1.807, 2.05) is 0 Å². The summed E-state index contributed by atoms with van der Waals surface area (Å²) in [5, 5.41) is 7.95. The molecule has 6 nitrogen and oxygen atoms in total. The minimum Gasteiger partial charge on any atom is -0.376 e. The number of hydrogen-bond donors (Lipinski definition) is 3. The largest absolute Gasteiger partial charge is 0.376 e. The van der Waals surface area contributed by atoms with Crippen molar-refractivity contribution in [1.29, 1.82) is 0 Å². The normalized spacial score (nSPS) is 15.9. The lowest BCUT2D eigenvalue weighted by Gasteiger charge is -2.12. The number of urea groups is 1. The van der Waals surface area contributed by atoms with Crippen LogP contribution in [0.5, 0.6) is 0 Å². The molecule has 1 fully saturated rings. The van der Waals surface area contributed by atoms with Crippen LogP contribution in [0, 0.1) is 5.82 Å². The zero-order chi connectivity index (χ0) is 20.1. The van der Waals surface area contributed by atoms with Gasteiger partial charge in [0.05, 0.1) is 21.7 Å². The average molecular weight is 426 g/mol. The Hall–Kier alpha value is -2.35. The van der Waals surface area contributed by atoms with E-state index in [-0.39, 0.29) is 27.7 Å². The summed E-state index contributed by atoms with van der Waals surface area (Å²) in [4.78, 5) is 24.2. The summed E-state index contributed by atoms with van der Waals surface area (Å²) in [5.41, 5.74) is 0.986. The fourth-order valence-electron chi connectivity index (χ4n) is 2.72. The predicted octanol–water partition coefficient (Wildman–Crippen LogP) is 4.69. The molecule has 1 heterocycles. The lowest BCUT2D eigenvalue weighted by Crippen LogP contribution is -2.35. The van der Waals surface area contributed by atoms with E-state index in [4.69, 9.17) is 27.9 Å². The molecular formula is C19H18Cl2FN3O3. The highest BCUT2D eigenvalue weighted by Crippen LogP contribution is 2.25. The first-order valence-electron chi connectivity index (χ1n) is 8.65. The number of anilines is 2. The molecule has 148 valence electrons. The van der Waals surface area contributed by atoms with Gasteiger partial charge in [0.1, 0.15) is 5.82 Å². The van der Waals surface area contributed by atoms with E-state index >= 15 is 0 Å². The summed E-state index contributed by atoms with van der Waals surface area (Å²) in [6.45, 7) is 1.19. The number of ether oxygens (including phenoxy) is 1. The van der Waals surface area contributed by atoms with Crippen LogP contribution in [-0.2, 0) is 4.74 Å². The molecular weight excluding hydrogens is 408 g/mol. The Morgan fingerprint density at radius 2 is 1.75 bits per heavy atom. The molecule has 1 unspecified atom stereocenters. The molecule has 28 heavy (non-hydrogen) atoms. The summed E-state index contributed by atoms with van der Waals surface area (Å²) in [6, 6.07) is 8.29. The maximum absolute atomic E-state index is 13.6. The van der Waals surface area contributed by atoms with Crippen molar-refractivity contribution >= 4 is 46.5 Å². The Bertz CT molecular complexity index is 871. The first-order valence-corrected chi connectivity index (χ1v) is 9.40. The number of halogens is 3. The second-order valence-corrected chi connectivity index (χ2v) is 7.06. The molecule has 1 saturated heterocycles. The number of carbonyl (C=O) groups excluding carboxylic acids is 2. The van der Waals surface area contributed by atoms with Crippen molar-refractivity contribution in [2.24, 2.45) is 0 Å². The van der Waals surface area contributed by atoms with Crippen LogP contribution in [0.25, 0.3) is 0 Å². The molecule has 0 aromatic heterocycles. The molecule has 2 aromatic carbocycles. The van der Waals surface area contributed by atoms with Crippen LogP contribution in [-0.4, -0.2) is 31.2 Å². The van der Waals surface area contributed by atoms with Gasteiger partial charge in [-0.2, -0.15) is 0 Å². The number of benzene rings is 2. The van der Waals surface area contributed by atoms with Crippen molar-refractivity contribution in [3.05, 3.63) is 57.8 Å². The van der Waals surface area contributed by atoms with Gasteiger partial charge in [0.25, 0.3) is 5.91 Å². The van der Waals surface area contributed by atoms with Crippen LogP contribution in [0.15, 0.2) is 36.4 Å². The van der Waals surface area contributed by atoms with Crippen molar-refractivity contribution in [2.45, 2.75) is 18.9 Å². The average Bonchev–Trinajstić information content (AvgIpc) is 3.18. The van der Waals surface area contributed by atoms with Gasteiger partial charge in [-0.15, -0.1) is 0 Å². The summed E-state index contributed by atoms with van der Waals surface area (Å²) in [5.74, 6) is -1.31. The van der Waals surface area contributed by atoms with Crippen LogP contribution in [0.4, 0.5) is 20.6 Å². The van der Waals surface area contributed by atoms with Gasteiger partial charge in [0.15, 0.2) is 0 Å². The Morgan fingerprint density at radius 1 is 1.07 bits per heavy atom. The molecule has 1 aliphatic rings. The second-order valence-electron chi connectivity index (χ2n) is 6.25. The van der Waals surface area contributed by atoms with Gasteiger partial charge in [-0.3, -0.25) is 4.79 Å². The second kappa shape index (κ2) is 9.23. The summed E-state index contributed by atoms with van der Waals surface area (Å²) >= 11 is 11.6. The zero-order valence-electron chi connectivity index (χ0n) is 14.7. The molecule has 3 N–H and O–H groups in total. The van der Waals surface area contributed by atoms with Gasteiger partial charge in [-0.25, -0.2) is 9.18 Å². The number of amides is 3. The minimum absolute atomic E-state index is 0.0284. The smallest absolute Gasteiger partial charge is 0.319 e. The first-order chi connectivity index (χ1) is 13.4. The first kappa shape index (κ1) is 20.4. The van der Waals surface area contributed by atoms with Crippen LogP contribution in [0.3, 0.4) is 0 Å². The van der Waals surface area contributed by atoms with Gasteiger partial charge in [0, 0.05) is 24.5 Å². The molecule has 0 radical (unpaired) electrons. The topological polar surface area (TPSA) is 79.5 Å². The highest BCUT2D eigenvalue weighted by atomic mass is 35.5. The lowest BCUT2D eigenvalue weighted by molar-refractivity contribution is 0.102. The van der Waals surface area contributed by atoms with Crippen LogP contribution >= 0.6 is 23.2 Å². The standard InChI is InChI=1S/C19H18Cl2FN3O3/c20-15-9-16(21)17(22)8-14(15)18(26)24-11-3-5-12(6-4-11)25-19(27)23-10-13-2-1-7-28-13/h3-6,8-9,13H,1-2,7,10H2,(H,24,26)(H2,23,25,27). The van der Waals surface area contributed by atoms with E-state index in [1.54, 1.807) is 24.3 Å². The van der Waals surface area contributed by atoms with Crippen molar-refractivity contribution in [3.63, 3.8) is 0 Å². The number of rotatable bonds is 5. The highest BCUT2D eigenvalue weighted by molar-refractivity contribution is 6.37. The molecule has 0 aliphatic carbocycles. The molecule has 2 aromatic rings. The van der Waals surface area contributed by atoms with E-state index in [0.717, 1.165) is 25.5 Å². The maximum atomic E-state index is 13.6. The molecule has 0 saturated carbocycles. The number of carbonyl (C=O) groups is 2. The van der Waals surface area contributed by atoms with E-state index in [2.05, 4.69) is 16.0 Å². The zero-order valence-corrected chi connectivity index (χ0v) is 16.2. The monoisotopic (exact) mass is 425 g/mol. The van der Waals surface area contributed by atoms with Gasteiger partial charge < -0.3 is 20.7 Å². The van der Waals surface area contributed by atoms with Crippen molar-refractivity contribution < 1.29 is 18.7 Å². The molecule has 1 aliphatic heterocycles. The van der Waals surface area contributed by atoms with Gasteiger partial charge >= 0.3 is 6.03 Å². The molecule has 3 rings (SSSR count). The van der Waals surface area contributed by atoms with E-state index in [1.165, 1.54) is 6.07 Å². The maximum Gasteiger partial charge on any atom is 0.319 e. The number of nitrogens with one attached hydrogen (secondary N) is 3. The third-order valence-corrected chi connectivity index (χ3v) is 4.77. The fourth-order valence-corrected chi connectivity index (χ4v) is 3.19. The molecule has 9 heteroatoms. The Balaban J connectivity index is 1.54. The lowest BCUT2D eigenvalue weighted by atomic mass is 10.2. The summed E-state index contributed by atoms with van der Waals surface area (Å²) in [6.07, 6.45) is 2.01. The predicted molar refractivity (Wildman–Crippen MR) is 107 cm³/mol. The molecule has 1 atom stereocenters. The molecule has 3 amide bonds. The van der Waals surface area contributed by atoms with Gasteiger partial charge in [0.2, 0.25) is 0 Å².